The van der Waals surface area contributed by atoms with Crippen LogP contribution in [0.25, 0.3) is 0 Å². The van der Waals surface area contributed by atoms with Gasteiger partial charge in [0.05, 0.1) is 12.5 Å². The lowest BCUT2D eigenvalue weighted by Crippen LogP contribution is -2.52. The molecule has 1 aliphatic rings. The Labute approximate surface area is 59.4 Å². The molecule has 60 valence electrons. The van der Waals surface area contributed by atoms with Gasteiger partial charge >= 0.3 is 6.11 Å². The Kier molecular flexibility index (Phi) is 1.51. The van der Waals surface area contributed by atoms with Crippen molar-refractivity contribution in [1.82, 2.24) is 0 Å². The molecule has 0 radical (unpaired) electrons. The van der Waals surface area contributed by atoms with Crippen molar-refractivity contribution in [2.75, 3.05) is 6.61 Å². The first-order chi connectivity index (χ1) is 4.34. The van der Waals surface area contributed by atoms with Crippen molar-refractivity contribution >= 4 is 0 Å². The first-order valence-corrected chi connectivity index (χ1v) is 3.36. The smallest absolute Gasteiger partial charge is 0.320 e. The fraction of sp³-hybridized carbons (Fsp3) is 1.00. The van der Waals surface area contributed by atoms with E-state index in [0.717, 1.165) is 0 Å². The van der Waals surface area contributed by atoms with Crippen LogP contribution in [0.5, 0.6) is 0 Å². The maximum absolute atomic E-state index is 12.5. The second-order valence-electron chi connectivity index (χ2n) is 3.79. The van der Waals surface area contributed by atoms with Gasteiger partial charge in [0.25, 0.3) is 0 Å². The molecule has 1 rings (SSSR count). The van der Waals surface area contributed by atoms with Crippen molar-refractivity contribution in [1.29, 1.82) is 0 Å². The molecule has 1 atom stereocenters. The van der Waals surface area contributed by atoms with E-state index in [1.165, 1.54) is 0 Å². The fourth-order valence-electron chi connectivity index (χ4n) is 1.05. The zero-order valence-electron chi connectivity index (χ0n) is 6.45. The topological polar surface area (TPSA) is 9.23 Å². The van der Waals surface area contributed by atoms with Crippen LogP contribution < -0.4 is 0 Å². The molecule has 1 heterocycles. The van der Waals surface area contributed by atoms with E-state index >= 15 is 0 Å². The molecular formula is C7H12F2O. The van der Waals surface area contributed by atoms with Gasteiger partial charge in [0.1, 0.15) is 0 Å². The molecule has 0 saturated carbocycles. The number of rotatable bonds is 0. The predicted octanol–water partition coefficient (Wildman–Crippen LogP) is 2.27. The van der Waals surface area contributed by atoms with E-state index in [0.29, 0.717) is 0 Å². The molecule has 0 N–H and O–H groups in total. The third-order valence-corrected chi connectivity index (χ3v) is 1.89. The molecule has 0 aromatic carbocycles. The first kappa shape index (κ1) is 7.92. The average molecular weight is 150 g/mol. The van der Waals surface area contributed by atoms with Crippen LogP contribution in [0.15, 0.2) is 0 Å². The number of alkyl halides is 2. The Balaban J connectivity index is 2.60. The van der Waals surface area contributed by atoms with Gasteiger partial charge in [0, 0.05) is 0 Å². The normalized spacial score (nSPS) is 31.5. The highest BCUT2D eigenvalue weighted by molar-refractivity contribution is 4.86. The minimum atomic E-state index is -2.88. The van der Waals surface area contributed by atoms with Crippen LogP contribution in [-0.2, 0) is 4.74 Å². The van der Waals surface area contributed by atoms with Crippen LogP contribution in [-0.4, -0.2) is 12.7 Å². The summed E-state index contributed by atoms with van der Waals surface area (Å²) in [5.41, 5.74) is -0.345. The number of ether oxygens (including phenoxy) is 1. The molecule has 1 nitrogen and oxygen atoms in total. The van der Waals surface area contributed by atoms with E-state index in [1.807, 2.05) is 0 Å². The summed E-state index contributed by atoms with van der Waals surface area (Å²) in [5.74, 6) is -0.611. The summed E-state index contributed by atoms with van der Waals surface area (Å²) in [4.78, 5) is 0. The van der Waals surface area contributed by atoms with Gasteiger partial charge < -0.3 is 4.74 Å². The SMILES string of the molecule is CC(C)(C)C1COC1(F)F. The minimum Gasteiger partial charge on any atom is -0.320 e. The second kappa shape index (κ2) is 1.91. The highest BCUT2D eigenvalue weighted by atomic mass is 19.3. The number of hydrogen-bond acceptors (Lipinski definition) is 1. The molecule has 1 aliphatic heterocycles. The quantitative estimate of drug-likeness (QED) is 0.514. The lowest BCUT2D eigenvalue weighted by Gasteiger charge is -2.43. The van der Waals surface area contributed by atoms with Gasteiger partial charge in [0.15, 0.2) is 0 Å². The van der Waals surface area contributed by atoms with E-state index < -0.39 is 12.0 Å². The van der Waals surface area contributed by atoms with Gasteiger partial charge in [0.2, 0.25) is 0 Å². The number of hydrogen-bond donors (Lipinski definition) is 0. The van der Waals surface area contributed by atoms with Crippen molar-refractivity contribution in [2.24, 2.45) is 11.3 Å². The van der Waals surface area contributed by atoms with E-state index in [-0.39, 0.29) is 12.0 Å². The van der Waals surface area contributed by atoms with Crippen LogP contribution in [0.4, 0.5) is 8.78 Å². The monoisotopic (exact) mass is 150 g/mol. The maximum Gasteiger partial charge on any atom is 0.361 e. The van der Waals surface area contributed by atoms with E-state index in [1.54, 1.807) is 20.8 Å². The van der Waals surface area contributed by atoms with Crippen LogP contribution in [0, 0.1) is 11.3 Å². The van der Waals surface area contributed by atoms with Crippen LogP contribution >= 0.6 is 0 Å². The Morgan fingerprint density at radius 2 is 1.90 bits per heavy atom. The summed E-state index contributed by atoms with van der Waals surface area (Å²) in [6.45, 7) is 5.59. The van der Waals surface area contributed by atoms with Gasteiger partial charge in [-0.2, -0.15) is 8.78 Å². The van der Waals surface area contributed by atoms with Crippen molar-refractivity contribution in [2.45, 2.75) is 26.9 Å². The summed E-state index contributed by atoms with van der Waals surface area (Å²) in [6.07, 6.45) is -2.88. The van der Waals surface area contributed by atoms with Crippen molar-refractivity contribution in [3.63, 3.8) is 0 Å². The van der Waals surface area contributed by atoms with Crippen LogP contribution in [0.1, 0.15) is 20.8 Å². The molecule has 3 heteroatoms. The predicted molar refractivity (Wildman–Crippen MR) is 33.8 cm³/mol. The van der Waals surface area contributed by atoms with Gasteiger partial charge in [-0.05, 0) is 5.41 Å². The third kappa shape index (κ3) is 1.15. The lowest BCUT2D eigenvalue weighted by atomic mass is 9.78. The summed E-state index contributed by atoms with van der Waals surface area (Å²) < 4.78 is 29.1. The molecule has 10 heavy (non-hydrogen) atoms. The molecule has 0 bridgehead atoms. The van der Waals surface area contributed by atoms with E-state index in [2.05, 4.69) is 4.74 Å². The van der Waals surface area contributed by atoms with E-state index in [9.17, 15) is 8.78 Å². The zero-order chi connectivity index (χ0) is 7.99. The first-order valence-electron chi connectivity index (χ1n) is 3.36. The Morgan fingerprint density at radius 1 is 1.40 bits per heavy atom. The highest BCUT2D eigenvalue weighted by Crippen LogP contribution is 2.46. The fourth-order valence-corrected chi connectivity index (χ4v) is 1.05. The van der Waals surface area contributed by atoms with Gasteiger partial charge in [-0.1, -0.05) is 20.8 Å². The molecular weight excluding hydrogens is 138 g/mol. The molecule has 1 unspecified atom stereocenters. The van der Waals surface area contributed by atoms with Crippen LogP contribution in [0.2, 0.25) is 0 Å². The summed E-state index contributed by atoms with van der Waals surface area (Å²) in [6, 6.07) is 0. The second-order valence-corrected chi connectivity index (χ2v) is 3.79. The third-order valence-electron chi connectivity index (χ3n) is 1.89. The zero-order valence-corrected chi connectivity index (χ0v) is 6.45. The Bertz CT molecular complexity index is 127. The van der Waals surface area contributed by atoms with Crippen molar-refractivity contribution in [3.8, 4) is 0 Å². The molecule has 0 aromatic heterocycles. The van der Waals surface area contributed by atoms with Gasteiger partial charge in [-0.15, -0.1) is 0 Å². The van der Waals surface area contributed by atoms with Crippen LogP contribution in [0.3, 0.4) is 0 Å². The highest BCUT2D eigenvalue weighted by Gasteiger charge is 2.55. The molecule has 0 aliphatic carbocycles. The standard InChI is InChI=1S/C7H12F2O/c1-6(2,3)5-4-10-7(5,8)9/h5H,4H2,1-3H3. The minimum absolute atomic E-state index is 0.191. The van der Waals surface area contributed by atoms with Gasteiger partial charge in [-0.3, -0.25) is 0 Å². The lowest BCUT2D eigenvalue weighted by molar-refractivity contribution is -0.377. The average Bonchev–Trinajstić information content (AvgIpc) is 1.58. The summed E-state index contributed by atoms with van der Waals surface area (Å²) >= 11 is 0. The van der Waals surface area contributed by atoms with Gasteiger partial charge in [-0.25, -0.2) is 0 Å². The summed E-state index contributed by atoms with van der Waals surface area (Å²) in [7, 11) is 0. The van der Waals surface area contributed by atoms with E-state index in [4.69, 9.17) is 0 Å². The Hall–Kier alpha value is -0.180. The van der Waals surface area contributed by atoms with Crippen molar-refractivity contribution in [3.05, 3.63) is 0 Å². The van der Waals surface area contributed by atoms with Crippen molar-refractivity contribution < 1.29 is 13.5 Å². The molecule has 1 fully saturated rings. The molecule has 0 aromatic rings. The maximum atomic E-state index is 12.5. The summed E-state index contributed by atoms with van der Waals surface area (Å²) in [5, 5.41) is 0. The number of halogens is 2. The Morgan fingerprint density at radius 3 is 1.90 bits per heavy atom. The molecule has 0 spiro atoms. The largest absolute Gasteiger partial charge is 0.361 e. The molecule has 0 amide bonds. The molecule has 1 saturated heterocycles.